The van der Waals surface area contributed by atoms with Gasteiger partial charge in [-0.2, -0.15) is 5.10 Å². The molecule has 0 radical (unpaired) electrons. The molecule has 0 saturated heterocycles. The van der Waals surface area contributed by atoms with Crippen LogP contribution in [0.3, 0.4) is 0 Å². The van der Waals surface area contributed by atoms with Crippen molar-refractivity contribution in [3.05, 3.63) is 58.6 Å². The Kier molecular flexibility index (Phi) is 4.03. The van der Waals surface area contributed by atoms with E-state index in [1.807, 2.05) is 12.1 Å². The first-order valence-electron chi connectivity index (χ1n) is 6.12. The molecule has 3 aromatic rings. The molecule has 0 spiro atoms. The topological polar surface area (TPSA) is 63.7 Å². The van der Waals surface area contributed by atoms with Crippen molar-refractivity contribution in [1.29, 1.82) is 0 Å². The van der Waals surface area contributed by atoms with E-state index < -0.39 is 0 Å². The molecule has 0 bridgehead atoms. The molecule has 106 valence electrons. The molecule has 2 aromatic heterocycles. The fourth-order valence-electron chi connectivity index (χ4n) is 1.73. The minimum Gasteiger partial charge on any atom is -0.484 e. The Morgan fingerprint density at radius 2 is 1.90 bits per heavy atom. The molecule has 1 aromatic carbocycles. The van der Waals surface area contributed by atoms with Gasteiger partial charge in [0.05, 0.1) is 5.02 Å². The number of H-pyrrole nitrogens is 1. The van der Waals surface area contributed by atoms with Crippen molar-refractivity contribution >= 4 is 23.2 Å². The first-order valence-corrected chi connectivity index (χ1v) is 6.88. The molecule has 0 aliphatic carbocycles. The van der Waals surface area contributed by atoms with Gasteiger partial charge in [0.2, 0.25) is 0 Å². The number of rotatable bonds is 4. The highest BCUT2D eigenvalue weighted by molar-refractivity contribution is 6.42. The molecule has 21 heavy (non-hydrogen) atoms. The van der Waals surface area contributed by atoms with Crippen LogP contribution in [0.1, 0.15) is 5.82 Å². The number of ether oxygens (including phenoxy) is 1. The Morgan fingerprint density at radius 1 is 1.10 bits per heavy atom. The van der Waals surface area contributed by atoms with Crippen LogP contribution in [-0.4, -0.2) is 20.2 Å². The Balaban J connectivity index is 1.72. The van der Waals surface area contributed by atoms with E-state index in [4.69, 9.17) is 27.9 Å². The molecule has 3 rings (SSSR count). The Hall–Kier alpha value is -2.11. The summed E-state index contributed by atoms with van der Waals surface area (Å²) in [7, 11) is 0. The summed E-state index contributed by atoms with van der Waals surface area (Å²) in [6, 6.07) is 8.89. The second-order valence-corrected chi connectivity index (χ2v) is 4.97. The zero-order valence-corrected chi connectivity index (χ0v) is 12.3. The lowest BCUT2D eigenvalue weighted by Gasteiger charge is -2.06. The lowest BCUT2D eigenvalue weighted by Crippen LogP contribution is -1.98. The van der Waals surface area contributed by atoms with Crippen LogP contribution in [-0.2, 0) is 6.61 Å². The summed E-state index contributed by atoms with van der Waals surface area (Å²) in [5, 5.41) is 7.79. The van der Waals surface area contributed by atoms with Crippen molar-refractivity contribution in [2.24, 2.45) is 0 Å². The van der Waals surface area contributed by atoms with Gasteiger partial charge >= 0.3 is 0 Å². The quantitative estimate of drug-likeness (QED) is 0.795. The highest BCUT2D eigenvalue weighted by Gasteiger charge is 2.09. The van der Waals surface area contributed by atoms with E-state index in [0.717, 1.165) is 5.56 Å². The minimum absolute atomic E-state index is 0.220. The summed E-state index contributed by atoms with van der Waals surface area (Å²) in [6.45, 7) is 0.220. The van der Waals surface area contributed by atoms with Crippen LogP contribution in [0.25, 0.3) is 11.4 Å². The summed E-state index contributed by atoms with van der Waals surface area (Å²) in [4.78, 5) is 8.31. The Morgan fingerprint density at radius 3 is 2.71 bits per heavy atom. The van der Waals surface area contributed by atoms with E-state index >= 15 is 0 Å². The molecule has 0 aliphatic rings. The molecule has 0 fully saturated rings. The average Bonchev–Trinajstić information content (AvgIpc) is 2.99. The molecule has 0 aliphatic heterocycles. The van der Waals surface area contributed by atoms with Crippen molar-refractivity contribution in [2.45, 2.75) is 6.61 Å². The van der Waals surface area contributed by atoms with E-state index in [-0.39, 0.29) is 6.61 Å². The van der Waals surface area contributed by atoms with Crippen LogP contribution in [0, 0.1) is 0 Å². The second kappa shape index (κ2) is 6.11. The fourth-order valence-corrected chi connectivity index (χ4v) is 2.08. The molecule has 5 nitrogen and oxygen atoms in total. The van der Waals surface area contributed by atoms with Crippen LogP contribution >= 0.6 is 23.2 Å². The first kappa shape index (κ1) is 13.9. The first-order chi connectivity index (χ1) is 10.2. The zero-order valence-electron chi connectivity index (χ0n) is 10.8. The van der Waals surface area contributed by atoms with Crippen LogP contribution in [0.5, 0.6) is 5.75 Å². The van der Waals surface area contributed by atoms with Gasteiger partial charge < -0.3 is 4.74 Å². The predicted octanol–water partition coefficient (Wildman–Crippen LogP) is 3.75. The molecule has 0 saturated carbocycles. The third kappa shape index (κ3) is 3.15. The monoisotopic (exact) mass is 320 g/mol. The van der Waals surface area contributed by atoms with E-state index in [0.29, 0.717) is 27.4 Å². The molecule has 0 amide bonds. The lowest BCUT2D eigenvalue weighted by atomic mass is 10.2. The SMILES string of the molecule is Clc1cccc(OCc2nc(-c3ccncc3)n[nH]2)c1Cl. The standard InChI is InChI=1S/C14H10Cl2N4O/c15-10-2-1-3-11(13(10)16)21-8-12-18-14(20-19-12)9-4-6-17-7-5-9/h1-7H,8H2,(H,18,19,20). The normalized spacial score (nSPS) is 10.6. The maximum atomic E-state index is 6.05. The van der Waals surface area contributed by atoms with Crippen molar-refractivity contribution in [2.75, 3.05) is 0 Å². The summed E-state index contributed by atoms with van der Waals surface area (Å²) < 4.78 is 5.59. The van der Waals surface area contributed by atoms with Gasteiger partial charge in [0.15, 0.2) is 11.6 Å². The smallest absolute Gasteiger partial charge is 0.181 e. The number of hydrogen-bond donors (Lipinski definition) is 1. The van der Waals surface area contributed by atoms with Gasteiger partial charge in [-0.25, -0.2) is 4.98 Å². The number of nitrogens with one attached hydrogen (secondary N) is 1. The van der Waals surface area contributed by atoms with Crippen molar-refractivity contribution in [1.82, 2.24) is 20.2 Å². The summed E-state index contributed by atoms with van der Waals surface area (Å²) in [6.07, 6.45) is 3.38. The maximum absolute atomic E-state index is 6.05. The van der Waals surface area contributed by atoms with Gasteiger partial charge in [0, 0.05) is 18.0 Å². The van der Waals surface area contributed by atoms with Crippen molar-refractivity contribution in [3.8, 4) is 17.1 Å². The number of halogens is 2. The number of nitrogens with zero attached hydrogens (tertiary/aromatic N) is 3. The van der Waals surface area contributed by atoms with Crippen molar-refractivity contribution < 1.29 is 4.74 Å². The van der Waals surface area contributed by atoms with Gasteiger partial charge in [-0.05, 0) is 24.3 Å². The largest absolute Gasteiger partial charge is 0.484 e. The fraction of sp³-hybridized carbons (Fsp3) is 0.0714. The maximum Gasteiger partial charge on any atom is 0.181 e. The second-order valence-electron chi connectivity index (χ2n) is 4.18. The summed E-state index contributed by atoms with van der Waals surface area (Å²) in [5.74, 6) is 1.69. The third-order valence-corrected chi connectivity index (χ3v) is 3.55. The van der Waals surface area contributed by atoms with Gasteiger partial charge in [-0.3, -0.25) is 10.1 Å². The third-order valence-electron chi connectivity index (χ3n) is 2.75. The van der Waals surface area contributed by atoms with E-state index in [2.05, 4.69) is 20.2 Å². The van der Waals surface area contributed by atoms with Crippen LogP contribution in [0.2, 0.25) is 10.0 Å². The average molecular weight is 321 g/mol. The van der Waals surface area contributed by atoms with Crippen molar-refractivity contribution in [3.63, 3.8) is 0 Å². The van der Waals surface area contributed by atoms with E-state index in [9.17, 15) is 0 Å². The zero-order chi connectivity index (χ0) is 14.7. The molecular formula is C14H10Cl2N4O. The summed E-state index contributed by atoms with van der Waals surface area (Å²) in [5.41, 5.74) is 0.883. The van der Waals surface area contributed by atoms with Crippen LogP contribution < -0.4 is 4.74 Å². The molecule has 1 N–H and O–H groups in total. The van der Waals surface area contributed by atoms with Gasteiger partial charge in [-0.15, -0.1) is 0 Å². The summed E-state index contributed by atoms with van der Waals surface area (Å²) >= 11 is 12.0. The number of aromatic nitrogens is 4. The molecule has 0 atom stereocenters. The highest BCUT2D eigenvalue weighted by atomic mass is 35.5. The molecular weight excluding hydrogens is 311 g/mol. The van der Waals surface area contributed by atoms with Crippen LogP contribution in [0.15, 0.2) is 42.7 Å². The van der Waals surface area contributed by atoms with Gasteiger partial charge in [0.1, 0.15) is 17.4 Å². The van der Waals surface area contributed by atoms with Crippen LogP contribution in [0.4, 0.5) is 0 Å². The van der Waals surface area contributed by atoms with Gasteiger partial charge in [0.25, 0.3) is 0 Å². The Labute approximate surface area is 130 Å². The number of aromatic amines is 1. The molecule has 2 heterocycles. The van der Waals surface area contributed by atoms with E-state index in [1.54, 1.807) is 30.6 Å². The predicted molar refractivity (Wildman–Crippen MR) is 80.4 cm³/mol. The minimum atomic E-state index is 0.220. The highest BCUT2D eigenvalue weighted by Crippen LogP contribution is 2.31. The number of benzene rings is 1. The molecule has 0 unspecified atom stereocenters. The molecule has 7 heteroatoms. The lowest BCUT2D eigenvalue weighted by molar-refractivity contribution is 0.296. The van der Waals surface area contributed by atoms with Gasteiger partial charge in [-0.1, -0.05) is 29.3 Å². The Bertz CT molecular complexity index is 746. The van der Waals surface area contributed by atoms with E-state index in [1.165, 1.54) is 0 Å². The number of pyridine rings is 1. The number of hydrogen-bond acceptors (Lipinski definition) is 4.